The van der Waals surface area contributed by atoms with Gasteiger partial charge in [0.25, 0.3) is 5.91 Å². The van der Waals surface area contributed by atoms with E-state index in [4.69, 9.17) is 19.9 Å². The van der Waals surface area contributed by atoms with E-state index < -0.39 is 0 Å². The quantitative estimate of drug-likeness (QED) is 0.242. The van der Waals surface area contributed by atoms with Crippen LogP contribution in [0.1, 0.15) is 43.1 Å². The third-order valence-corrected chi connectivity index (χ3v) is 7.91. The SMILES string of the molecule is COCn1c(C(=O)c2cnn(-c3ccc(OCc4ccc(C)cc4)cc3C)c2N)cc2cc(C(=O)N3CCOCC3)ccc21. The minimum Gasteiger partial charge on any atom is -0.489 e. The summed E-state index contributed by atoms with van der Waals surface area (Å²) in [5.74, 6) is 0.599. The first kappa shape index (κ1) is 29.2. The molecule has 1 aliphatic rings. The van der Waals surface area contributed by atoms with Crippen molar-refractivity contribution in [3.63, 3.8) is 0 Å². The molecule has 5 aromatic rings. The van der Waals surface area contributed by atoms with E-state index in [1.54, 1.807) is 33.4 Å². The van der Waals surface area contributed by atoms with E-state index in [-0.39, 0.29) is 29.8 Å². The number of benzene rings is 3. The maximum atomic E-state index is 13.9. The molecule has 0 unspecified atom stereocenters. The van der Waals surface area contributed by atoms with Crippen LogP contribution < -0.4 is 10.5 Å². The van der Waals surface area contributed by atoms with Crippen molar-refractivity contribution in [2.45, 2.75) is 27.2 Å². The Labute approximate surface area is 255 Å². The normalized spacial score (nSPS) is 13.4. The molecule has 1 aliphatic heterocycles. The summed E-state index contributed by atoms with van der Waals surface area (Å²) in [5, 5.41) is 5.23. The summed E-state index contributed by atoms with van der Waals surface area (Å²) in [6.45, 7) is 6.77. The highest BCUT2D eigenvalue weighted by atomic mass is 16.5. The van der Waals surface area contributed by atoms with Crippen molar-refractivity contribution in [2.75, 3.05) is 39.1 Å². The number of carbonyl (C=O) groups is 2. The van der Waals surface area contributed by atoms with Crippen LogP contribution in [0.3, 0.4) is 0 Å². The number of hydrogen-bond donors (Lipinski definition) is 1. The van der Waals surface area contributed by atoms with E-state index in [9.17, 15) is 9.59 Å². The fourth-order valence-electron chi connectivity index (χ4n) is 5.48. The van der Waals surface area contributed by atoms with Crippen LogP contribution in [0, 0.1) is 13.8 Å². The third-order valence-electron chi connectivity index (χ3n) is 7.91. The molecule has 3 aromatic carbocycles. The molecule has 2 aromatic heterocycles. The molecule has 226 valence electrons. The second-order valence-corrected chi connectivity index (χ2v) is 11.0. The smallest absolute Gasteiger partial charge is 0.254 e. The minimum absolute atomic E-state index is 0.0602. The van der Waals surface area contributed by atoms with Crippen LogP contribution in [-0.4, -0.2) is 64.4 Å². The molecule has 10 heteroatoms. The van der Waals surface area contributed by atoms with E-state index in [2.05, 4.69) is 36.3 Å². The Balaban J connectivity index is 1.26. The summed E-state index contributed by atoms with van der Waals surface area (Å²) in [6.07, 6.45) is 1.49. The van der Waals surface area contributed by atoms with Gasteiger partial charge in [0.15, 0.2) is 0 Å². The molecule has 0 atom stereocenters. The summed E-state index contributed by atoms with van der Waals surface area (Å²) in [6, 6.07) is 21.1. The van der Waals surface area contributed by atoms with Gasteiger partial charge in [0.2, 0.25) is 5.78 Å². The van der Waals surface area contributed by atoms with Crippen molar-refractivity contribution < 1.29 is 23.8 Å². The number of methoxy groups -OCH3 is 1. The monoisotopic (exact) mass is 593 g/mol. The molecule has 10 nitrogen and oxygen atoms in total. The molecule has 1 saturated heterocycles. The van der Waals surface area contributed by atoms with E-state index in [0.717, 1.165) is 33.5 Å². The van der Waals surface area contributed by atoms with Crippen LogP contribution in [-0.2, 0) is 22.8 Å². The molecule has 0 bridgehead atoms. The van der Waals surface area contributed by atoms with Gasteiger partial charge >= 0.3 is 0 Å². The zero-order valence-electron chi connectivity index (χ0n) is 25.1. The molecular weight excluding hydrogens is 558 g/mol. The molecule has 0 aliphatic carbocycles. The average Bonchev–Trinajstić information content (AvgIpc) is 3.60. The van der Waals surface area contributed by atoms with E-state index in [1.807, 2.05) is 37.3 Å². The lowest BCUT2D eigenvalue weighted by atomic mass is 10.1. The summed E-state index contributed by atoms with van der Waals surface area (Å²) in [4.78, 5) is 28.8. The number of rotatable bonds is 9. The molecule has 1 fully saturated rings. The molecule has 0 radical (unpaired) electrons. The van der Waals surface area contributed by atoms with Crippen molar-refractivity contribution in [3.8, 4) is 11.4 Å². The Bertz CT molecular complexity index is 1830. The van der Waals surface area contributed by atoms with Crippen molar-refractivity contribution >= 4 is 28.4 Å². The molecule has 3 heterocycles. The van der Waals surface area contributed by atoms with Crippen LogP contribution in [0.15, 0.2) is 72.9 Å². The number of ether oxygens (including phenoxy) is 3. The number of anilines is 1. The molecule has 0 spiro atoms. The number of nitrogens with zero attached hydrogens (tertiary/aromatic N) is 4. The Kier molecular flexibility index (Phi) is 8.19. The fraction of sp³-hybridized carbons (Fsp3) is 0.265. The predicted molar refractivity (Wildman–Crippen MR) is 167 cm³/mol. The zero-order valence-corrected chi connectivity index (χ0v) is 25.1. The van der Waals surface area contributed by atoms with Crippen LogP contribution in [0.5, 0.6) is 5.75 Å². The van der Waals surface area contributed by atoms with Gasteiger partial charge in [-0.3, -0.25) is 9.59 Å². The van der Waals surface area contributed by atoms with Gasteiger partial charge in [0.1, 0.15) is 24.9 Å². The summed E-state index contributed by atoms with van der Waals surface area (Å²) in [7, 11) is 1.57. The average molecular weight is 594 g/mol. The van der Waals surface area contributed by atoms with Crippen molar-refractivity contribution in [1.29, 1.82) is 0 Å². The van der Waals surface area contributed by atoms with Gasteiger partial charge in [-0.15, -0.1) is 0 Å². The second kappa shape index (κ2) is 12.4. The van der Waals surface area contributed by atoms with Gasteiger partial charge < -0.3 is 29.4 Å². The second-order valence-electron chi connectivity index (χ2n) is 11.0. The Morgan fingerprint density at radius 1 is 0.977 bits per heavy atom. The number of nitrogens with two attached hydrogens (primary N) is 1. The number of ketones is 1. The number of aryl methyl sites for hydroxylation is 2. The van der Waals surface area contributed by atoms with Crippen LogP contribution >= 0.6 is 0 Å². The van der Waals surface area contributed by atoms with Crippen LogP contribution in [0.25, 0.3) is 16.6 Å². The standard InChI is InChI=1S/C34H35N5O5/c1-22-4-6-24(7-5-22)20-44-27-9-11-29(23(2)16-27)39-33(35)28(19-36-39)32(40)31-18-26-17-25(8-10-30(26)38(31)21-42-3)34(41)37-12-14-43-15-13-37/h4-11,16-19H,12-15,20-21,35H2,1-3H3. The molecule has 6 rings (SSSR count). The maximum Gasteiger partial charge on any atom is 0.254 e. The first-order valence-corrected chi connectivity index (χ1v) is 14.5. The lowest BCUT2D eigenvalue weighted by molar-refractivity contribution is 0.0303. The Hall–Kier alpha value is -4.93. The molecule has 1 amide bonds. The molecule has 44 heavy (non-hydrogen) atoms. The van der Waals surface area contributed by atoms with Crippen LogP contribution in [0.4, 0.5) is 5.82 Å². The largest absolute Gasteiger partial charge is 0.489 e. The molecule has 2 N–H and O–H groups in total. The highest BCUT2D eigenvalue weighted by molar-refractivity contribution is 6.13. The van der Waals surface area contributed by atoms with Crippen molar-refractivity contribution in [1.82, 2.24) is 19.2 Å². The topological polar surface area (TPSA) is 114 Å². The first-order valence-electron chi connectivity index (χ1n) is 14.5. The highest BCUT2D eigenvalue weighted by Crippen LogP contribution is 2.29. The van der Waals surface area contributed by atoms with Gasteiger partial charge in [-0.1, -0.05) is 29.8 Å². The number of amides is 1. The van der Waals surface area contributed by atoms with E-state index in [1.165, 1.54) is 11.8 Å². The molecule has 0 saturated carbocycles. The van der Waals surface area contributed by atoms with E-state index in [0.29, 0.717) is 44.2 Å². The van der Waals surface area contributed by atoms with Gasteiger partial charge in [-0.05, 0) is 67.4 Å². The number of nitrogen functional groups attached to an aromatic ring is 1. The minimum atomic E-state index is -0.293. The van der Waals surface area contributed by atoms with Crippen LogP contribution in [0.2, 0.25) is 0 Å². The van der Waals surface area contributed by atoms with Crippen molar-refractivity contribution in [2.24, 2.45) is 0 Å². The lowest BCUT2D eigenvalue weighted by Crippen LogP contribution is -2.40. The van der Waals surface area contributed by atoms with Gasteiger partial charge in [-0.25, -0.2) is 4.68 Å². The van der Waals surface area contributed by atoms with E-state index >= 15 is 0 Å². The maximum absolute atomic E-state index is 13.9. The summed E-state index contributed by atoms with van der Waals surface area (Å²) < 4.78 is 20.2. The first-order chi connectivity index (χ1) is 21.3. The summed E-state index contributed by atoms with van der Waals surface area (Å²) in [5.41, 5.74) is 12.5. The van der Waals surface area contributed by atoms with Gasteiger partial charge in [0, 0.05) is 31.1 Å². The Morgan fingerprint density at radius 3 is 2.48 bits per heavy atom. The van der Waals surface area contributed by atoms with Crippen molar-refractivity contribution in [3.05, 3.63) is 106 Å². The van der Waals surface area contributed by atoms with Gasteiger partial charge in [-0.2, -0.15) is 5.10 Å². The third kappa shape index (κ3) is 5.69. The number of morpholine rings is 1. The summed E-state index contributed by atoms with van der Waals surface area (Å²) >= 11 is 0. The van der Waals surface area contributed by atoms with Gasteiger partial charge in [0.05, 0.1) is 41.9 Å². The number of hydrogen-bond acceptors (Lipinski definition) is 7. The molecular formula is C34H35N5O5. The number of aromatic nitrogens is 3. The Morgan fingerprint density at radius 2 is 1.75 bits per heavy atom. The number of fused-ring (bicyclic) bond motifs is 1. The fourth-order valence-corrected chi connectivity index (χ4v) is 5.48. The highest BCUT2D eigenvalue weighted by Gasteiger charge is 2.24. The lowest BCUT2D eigenvalue weighted by Gasteiger charge is -2.26. The number of carbonyl (C=O) groups excluding carboxylic acids is 2. The zero-order chi connectivity index (χ0) is 30.8. The predicted octanol–water partition coefficient (Wildman–Crippen LogP) is 4.91.